The summed E-state index contributed by atoms with van der Waals surface area (Å²) in [4.78, 5) is 29.2. The zero-order chi connectivity index (χ0) is 22.2. The molecule has 1 fully saturated rings. The van der Waals surface area contributed by atoms with Gasteiger partial charge in [0.15, 0.2) is 0 Å². The number of amides is 2. The number of anilines is 1. The molecule has 32 heavy (non-hydrogen) atoms. The molecule has 2 heterocycles. The maximum atomic E-state index is 12.4. The molecule has 0 bridgehead atoms. The molecular formula is C25H28N4O3. The maximum absolute atomic E-state index is 12.4. The highest BCUT2D eigenvalue weighted by molar-refractivity contribution is 6.35. The molecule has 1 saturated heterocycles. The lowest BCUT2D eigenvalue weighted by Crippen LogP contribution is -2.50. The largest absolute Gasteiger partial charge is 0.468 e. The fourth-order valence-corrected chi connectivity index (χ4v) is 3.95. The number of hydrogen-bond acceptors (Lipinski definition) is 5. The van der Waals surface area contributed by atoms with Crippen molar-refractivity contribution >= 4 is 17.5 Å². The Bertz CT molecular complexity index is 985. The van der Waals surface area contributed by atoms with Crippen molar-refractivity contribution in [3.05, 3.63) is 90.4 Å². The molecule has 7 nitrogen and oxygen atoms in total. The Kier molecular flexibility index (Phi) is 7.19. The van der Waals surface area contributed by atoms with Crippen molar-refractivity contribution < 1.29 is 14.0 Å². The Labute approximate surface area is 188 Å². The zero-order valence-electron chi connectivity index (χ0n) is 17.9. The van der Waals surface area contributed by atoms with Gasteiger partial charge >= 0.3 is 11.8 Å². The molecule has 166 valence electrons. The topological polar surface area (TPSA) is 77.8 Å². The first-order chi connectivity index (χ1) is 15.7. The van der Waals surface area contributed by atoms with Gasteiger partial charge in [0, 0.05) is 45.0 Å². The summed E-state index contributed by atoms with van der Waals surface area (Å²) >= 11 is 0. The molecule has 2 amide bonds. The molecule has 2 N–H and O–H groups in total. The lowest BCUT2D eigenvalue weighted by Gasteiger charge is -2.39. The second-order valence-electron chi connectivity index (χ2n) is 7.77. The van der Waals surface area contributed by atoms with Crippen LogP contribution in [0.3, 0.4) is 0 Å². The molecule has 1 aliphatic heterocycles. The van der Waals surface area contributed by atoms with E-state index in [1.165, 1.54) is 5.69 Å². The second kappa shape index (κ2) is 10.6. The van der Waals surface area contributed by atoms with Gasteiger partial charge in [-0.1, -0.05) is 48.5 Å². The molecule has 2 aromatic carbocycles. The Morgan fingerprint density at radius 1 is 0.812 bits per heavy atom. The molecule has 1 aliphatic rings. The standard InChI is InChI=1S/C25H28N4O3/c30-24(26-18-20-8-3-1-4-9-20)25(31)27-19-22(23-12-7-17-32-23)29-15-13-28(14-16-29)21-10-5-2-6-11-21/h1-12,17,22H,13-16,18-19H2,(H,26,30)(H,27,31)/t22-/m1/s1. The van der Waals surface area contributed by atoms with Gasteiger partial charge in [-0.25, -0.2) is 0 Å². The van der Waals surface area contributed by atoms with Crippen LogP contribution in [0.25, 0.3) is 0 Å². The van der Waals surface area contributed by atoms with Crippen LogP contribution in [-0.4, -0.2) is 49.4 Å². The average molecular weight is 433 g/mol. The molecule has 7 heteroatoms. The summed E-state index contributed by atoms with van der Waals surface area (Å²) in [5, 5.41) is 5.45. The third-order valence-corrected chi connectivity index (χ3v) is 5.71. The predicted octanol–water partition coefficient (Wildman–Crippen LogP) is 2.58. The van der Waals surface area contributed by atoms with E-state index in [9.17, 15) is 9.59 Å². The minimum Gasteiger partial charge on any atom is -0.468 e. The Morgan fingerprint density at radius 2 is 1.47 bits per heavy atom. The van der Waals surface area contributed by atoms with Crippen molar-refractivity contribution in [1.29, 1.82) is 0 Å². The Hall–Kier alpha value is -3.58. The van der Waals surface area contributed by atoms with Crippen LogP contribution in [0, 0.1) is 0 Å². The van der Waals surface area contributed by atoms with E-state index in [1.54, 1.807) is 6.26 Å². The van der Waals surface area contributed by atoms with Gasteiger partial charge in [0.25, 0.3) is 0 Å². The third-order valence-electron chi connectivity index (χ3n) is 5.71. The minimum atomic E-state index is -0.639. The van der Waals surface area contributed by atoms with Gasteiger partial charge < -0.3 is 20.0 Å². The number of nitrogens with one attached hydrogen (secondary N) is 2. The van der Waals surface area contributed by atoms with Gasteiger partial charge in [-0.3, -0.25) is 14.5 Å². The van der Waals surface area contributed by atoms with Crippen LogP contribution in [0.1, 0.15) is 17.4 Å². The number of rotatable bonds is 7. The first kappa shape index (κ1) is 21.6. The smallest absolute Gasteiger partial charge is 0.309 e. The summed E-state index contributed by atoms with van der Waals surface area (Å²) in [6.45, 7) is 4.04. The van der Waals surface area contributed by atoms with Crippen molar-refractivity contribution in [3.63, 3.8) is 0 Å². The number of carbonyl (C=O) groups is 2. The first-order valence-corrected chi connectivity index (χ1v) is 10.9. The van der Waals surface area contributed by atoms with Gasteiger partial charge in [0.1, 0.15) is 5.76 Å². The molecule has 3 aromatic rings. The number of para-hydroxylation sites is 1. The highest BCUT2D eigenvalue weighted by Crippen LogP contribution is 2.24. The van der Waals surface area contributed by atoms with E-state index < -0.39 is 11.8 Å². The van der Waals surface area contributed by atoms with Crippen LogP contribution < -0.4 is 15.5 Å². The van der Waals surface area contributed by atoms with Crippen molar-refractivity contribution in [3.8, 4) is 0 Å². The van der Waals surface area contributed by atoms with Gasteiger partial charge in [-0.05, 0) is 29.8 Å². The zero-order valence-corrected chi connectivity index (χ0v) is 17.9. The summed E-state index contributed by atoms with van der Waals surface area (Å²) in [6, 6.07) is 23.5. The fraction of sp³-hybridized carbons (Fsp3) is 0.280. The number of hydrogen-bond donors (Lipinski definition) is 2. The lowest BCUT2D eigenvalue weighted by atomic mass is 10.1. The molecule has 0 spiro atoms. The number of benzene rings is 2. The third kappa shape index (κ3) is 5.56. The van der Waals surface area contributed by atoms with Crippen LogP contribution in [0.5, 0.6) is 0 Å². The minimum absolute atomic E-state index is 0.131. The number of piperazine rings is 1. The summed E-state index contributed by atoms with van der Waals surface area (Å²) in [5.41, 5.74) is 2.16. The van der Waals surface area contributed by atoms with E-state index in [4.69, 9.17) is 4.42 Å². The molecule has 0 radical (unpaired) electrons. The van der Waals surface area contributed by atoms with Crippen LogP contribution in [-0.2, 0) is 16.1 Å². The van der Waals surface area contributed by atoms with Crippen molar-refractivity contribution in [2.45, 2.75) is 12.6 Å². The van der Waals surface area contributed by atoms with E-state index in [-0.39, 0.29) is 6.04 Å². The van der Waals surface area contributed by atoms with E-state index in [0.717, 1.165) is 37.5 Å². The van der Waals surface area contributed by atoms with Gasteiger partial charge in [-0.2, -0.15) is 0 Å². The maximum Gasteiger partial charge on any atom is 0.309 e. The van der Waals surface area contributed by atoms with Crippen LogP contribution in [0.4, 0.5) is 5.69 Å². The van der Waals surface area contributed by atoms with Gasteiger partial charge in [-0.15, -0.1) is 0 Å². The van der Waals surface area contributed by atoms with Gasteiger partial charge in [0.05, 0.1) is 12.3 Å². The highest BCUT2D eigenvalue weighted by atomic mass is 16.3. The number of carbonyl (C=O) groups excluding carboxylic acids is 2. The molecule has 0 saturated carbocycles. The van der Waals surface area contributed by atoms with Crippen LogP contribution in [0.2, 0.25) is 0 Å². The summed E-state index contributed by atoms with van der Waals surface area (Å²) in [7, 11) is 0. The molecule has 1 aromatic heterocycles. The molecule has 4 rings (SSSR count). The molecule has 0 unspecified atom stereocenters. The van der Waals surface area contributed by atoms with Crippen molar-refractivity contribution in [1.82, 2.24) is 15.5 Å². The highest BCUT2D eigenvalue weighted by Gasteiger charge is 2.28. The normalized spacial score (nSPS) is 15.2. The quantitative estimate of drug-likeness (QED) is 0.561. The van der Waals surface area contributed by atoms with E-state index in [2.05, 4.69) is 32.6 Å². The Morgan fingerprint density at radius 3 is 2.12 bits per heavy atom. The Balaban J connectivity index is 1.32. The van der Waals surface area contributed by atoms with Crippen molar-refractivity contribution in [2.75, 3.05) is 37.6 Å². The second-order valence-corrected chi connectivity index (χ2v) is 7.77. The average Bonchev–Trinajstić information content (AvgIpc) is 3.39. The summed E-state index contributed by atoms with van der Waals surface area (Å²) in [5.74, 6) is -0.496. The molecular weight excluding hydrogens is 404 g/mol. The number of furan rings is 1. The lowest BCUT2D eigenvalue weighted by molar-refractivity contribution is -0.139. The molecule has 0 aliphatic carbocycles. The summed E-state index contributed by atoms with van der Waals surface area (Å²) in [6.07, 6.45) is 1.64. The molecule has 1 atom stereocenters. The van der Waals surface area contributed by atoms with E-state index in [0.29, 0.717) is 13.1 Å². The van der Waals surface area contributed by atoms with E-state index in [1.807, 2.05) is 60.7 Å². The van der Waals surface area contributed by atoms with Crippen LogP contribution in [0.15, 0.2) is 83.5 Å². The SMILES string of the molecule is O=C(NCc1ccccc1)C(=O)NC[C@H](c1ccco1)N1CCN(c2ccccc2)CC1. The predicted molar refractivity (Wildman–Crippen MR) is 123 cm³/mol. The number of nitrogens with zero attached hydrogens (tertiary/aromatic N) is 2. The van der Waals surface area contributed by atoms with Crippen molar-refractivity contribution in [2.24, 2.45) is 0 Å². The fourth-order valence-electron chi connectivity index (χ4n) is 3.95. The van der Waals surface area contributed by atoms with E-state index >= 15 is 0 Å². The monoisotopic (exact) mass is 432 g/mol. The van der Waals surface area contributed by atoms with Gasteiger partial charge in [0.2, 0.25) is 0 Å². The summed E-state index contributed by atoms with van der Waals surface area (Å²) < 4.78 is 5.65. The van der Waals surface area contributed by atoms with Crippen LogP contribution >= 0.6 is 0 Å². The first-order valence-electron chi connectivity index (χ1n) is 10.9.